The Morgan fingerprint density at radius 1 is 0.969 bits per heavy atom. The lowest BCUT2D eigenvalue weighted by atomic mass is 10.1. The highest BCUT2D eigenvalue weighted by Gasteiger charge is 2.30. The number of carbonyl (C=O) groups excluding carboxylic acids is 2. The van der Waals surface area contributed by atoms with Gasteiger partial charge in [-0.2, -0.15) is 18.3 Å². The number of amides is 2. The third kappa shape index (κ3) is 4.31. The van der Waals surface area contributed by atoms with E-state index in [2.05, 4.69) is 10.4 Å². The van der Waals surface area contributed by atoms with Crippen LogP contribution >= 0.6 is 0 Å². The van der Waals surface area contributed by atoms with E-state index in [0.717, 1.165) is 35.3 Å². The molecule has 32 heavy (non-hydrogen) atoms. The topological polar surface area (TPSA) is 90.0 Å². The Morgan fingerprint density at radius 3 is 2.38 bits per heavy atom. The molecule has 3 aromatic carbocycles. The summed E-state index contributed by atoms with van der Waals surface area (Å²) in [5.41, 5.74) is 6.88. The number of benzene rings is 3. The summed E-state index contributed by atoms with van der Waals surface area (Å²) in [5.74, 6) is -1.16. The minimum atomic E-state index is -4.46. The van der Waals surface area contributed by atoms with Crippen LogP contribution in [-0.2, 0) is 12.7 Å². The molecule has 0 unspecified atom stereocenters. The van der Waals surface area contributed by atoms with Crippen molar-refractivity contribution < 1.29 is 22.8 Å². The van der Waals surface area contributed by atoms with Crippen LogP contribution in [0.3, 0.4) is 0 Å². The van der Waals surface area contributed by atoms with E-state index in [4.69, 9.17) is 5.73 Å². The summed E-state index contributed by atoms with van der Waals surface area (Å²) in [4.78, 5) is 24.1. The van der Waals surface area contributed by atoms with Crippen molar-refractivity contribution in [3.05, 3.63) is 95.2 Å². The zero-order valence-electron chi connectivity index (χ0n) is 16.6. The fourth-order valence-corrected chi connectivity index (χ4v) is 3.36. The van der Waals surface area contributed by atoms with Crippen LogP contribution < -0.4 is 11.1 Å². The van der Waals surface area contributed by atoms with Gasteiger partial charge >= 0.3 is 6.18 Å². The smallest absolute Gasteiger partial charge is 0.364 e. The maximum Gasteiger partial charge on any atom is 0.416 e. The van der Waals surface area contributed by atoms with Gasteiger partial charge in [0.1, 0.15) is 0 Å². The second-order valence-corrected chi connectivity index (χ2v) is 7.12. The number of hydrogen-bond donors (Lipinski definition) is 2. The second-order valence-electron chi connectivity index (χ2n) is 7.12. The summed E-state index contributed by atoms with van der Waals surface area (Å²) in [6, 6.07) is 18.1. The molecule has 0 atom stereocenters. The van der Waals surface area contributed by atoms with Crippen LogP contribution in [0.1, 0.15) is 32.0 Å². The van der Waals surface area contributed by atoms with Gasteiger partial charge in [0, 0.05) is 16.6 Å². The maximum atomic E-state index is 12.7. The molecule has 0 aliphatic carbocycles. The number of para-hydroxylation sites is 1. The molecule has 162 valence electrons. The molecule has 0 radical (unpaired) electrons. The second kappa shape index (κ2) is 8.18. The van der Waals surface area contributed by atoms with Gasteiger partial charge in [0.05, 0.1) is 17.6 Å². The van der Waals surface area contributed by atoms with Gasteiger partial charge in [0.2, 0.25) is 0 Å². The molecule has 1 heterocycles. The monoisotopic (exact) mass is 438 g/mol. The van der Waals surface area contributed by atoms with Crippen molar-refractivity contribution in [2.24, 2.45) is 5.73 Å². The maximum absolute atomic E-state index is 12.7. The Kier molecular flexibility index (Phi) is 5.40. The van der Waals surface area contributed by atoms with Gasteiger partial charge < -0.3 is 11.1 Å². The average Bonchev–Trinajstić information content (AvgIpc) is 3.12. The number of aromatic nitrogens is 2. The van der Waals surface area contributed by atoms with Crippen LogP contribution in [0.25, 0.3) is 10.9 Å². The van der Waals surface area contributed by atoms with Crippen LogP contribution in [0, 0.1) is 0 Å². The van der Waals surface area contributed by atoms with E-state index in [0.29, 0.717) is 17.6 Å². The van der Waals surface area contributed by atoms with Gasteiger partial charge in [0.25, 0.3) is 11.8 Å². The minimum absolute atomic E-state index is 0.104. The van der Waals surface area contributed by atoms with E-state index in [-0.39, 0.29) is 11.3 Å². The molecule has 0 spiro atoms. The Balaban J connectivity index is 1.54. The summed E-state index contributed by atoms with van der Waals surface area (Å²) in [7, 11) is 0. The van der Waals surface area contributed by atoms with Crippen LogP contribution in [0.2, 0.25) is 0 Å². The zero-order chi connectivity index (χ0) is 22.9. The van der Waals surface area contributed by atoms with E-state index in [1.807, 2.05) is 18.2 Å². The number of nitrogens with two attached hydrogens (primary N) is 1. The third-order valence-electron chi connectivity index (χ3n) is 4.88. The molecular weight excluding hydrogens is 421 g/mol. The minimum Gasteiger partial charge on any atom is -0.364 e. The number of hydrogen-bond acceptors (Lipinski definition) is 3. The van der Waals surface area contributed by atoms with Gasteiger partial charge in [-0.25, -0.2) is 0 Å². The Morgan fingerprint density at radius 2 is 1.69 bits per heavy atom. The summed E-state index contributed by atoms with van der Waals surface area (Å²) >= 11 is 0. The summed E-state index contributed by atoms with van der Waals surface area (Å²) in [6.45, 7) is 0.317. The fraction of sp³-hybridized carbons (Fsp3) is 0.0870. The van der Waals surface area contributed by atoms with Crippen molar-refractivity contribution in [2.45, 2.75) is 12.7 Å². The molecule has 2 amide bonds. The predicted octanol–water partition coefficient (Wildman–Crippen LogP) is 4.45. The standard InChI is InChI=1S/C23H17F3N4O2/c24-23(25,26)16-10-8-15(9-11-16)22(32)28-17-5-3-4-14(12-17)13-30-19-7-2-1-6-18(19)20(29-30)21(27)31/h1-12H,13H2,(H2,27,31)(H,28,32). The van der Waals surface area contributed by atoms with Crippen LogP contribution in [0.15, 0.2) is 72.8 Å². The van der Waals surface area contributed by atoms with Crippen molar-refractivity contribution in [1.29, 1.82) is 0 Å². The molecule has 0 fully saturated rings. The first-order valence-corrected chi connectivity index (χ1v) is 9.55. The molecule has 0 saturated heterocycles. The fourth-order valence-electron chi connectivity index (χ4n) is 3.36. The van der Waals surface area contributed by atoms with E-state index < -0.39 is 23.6 Å². The number of fused-ring (bicyclic) bond motifs is 1. The number of nitrogens with one attached hydrogen (secondary N) is 1. The van der Waals surface area contributed by atoms with Crippen molar-refractivity contribution >= 4 is 28.4 Å². The first-order valence-electron chi connectivity index (χ1n) is 9.55. The number of nitrogens with zero attached hydrogens (tertiary/aromatic N) is 2. The number of primary amides is 1. The lowest BCUT2D eigenvalue weighted by Gasteiger charge is -2.10. The highest BCUT2D eigenvalue weighted by Crippen LogP contribution is 2.29. The predicted molar refractivity (Wildman–Crippen MR) is 113 cm³/mol. The van der Waals surface area contributed by atoms with Gasteiger partial charge in [-0.1, -0.05) is 30.3 Å². The lowest BCUT2D eigenvalue weighted by molar-refractivity contribution is -0.137. The molecule has 6 nitrogen and oxygen atoms in total. The average molecular weight is 438 g/mol. The molecule has 0 aliphatic heterocycles. The largest absolute Gasteiger partial charge is 0.416 e. The summed E-state index contributed by atoms with van der Waals surface area (Å²) in [5, 5.41) is 7.64. The van der Waals surface area contributed by atoms with Crippen LogP contribution in [0.4, 0.5) is 18.9 Å². The molecule has 3 N–H and O–H groups in total. The number of halogens is 3. The van der Waals surface area contributed by atoms with Crippen molar-refractivity contribution in [3.8, 4) is 0 Å². The lowest BCUT2D eigenvalue weighted by Crippen LogP contribution is -2.14. The highest BCUT2D eigenvalue weighted by molar-refractivity contribution is 6.05. The summed E-state index contributed by atoms with van der Waals surface area (Å²) in [6.07, 6.45) is -4.46. The van der Waals surface area contributed by atoms with Crippen molar-refractivity contribution in [1.82, 2.24) is 9.78 Å². The van der Waals surface area contributed by atoms with Gasteiger partial charge in [-0.3, -0.25) is 14.3 Å². The van der Waals surface area contributed by atoms with Crippen LogP contribution in [-0.4, -0.2) is 21.6 Å². The van der Waals surface area contributed by atoms with Crippen molar-refractivity contribution in [2.75, 3.05) is 5.32 Å². The molecule has 4 rings (SSSR count). The third-order valence-corrected chi connectivity index (χ3v) is 4.88. The number of alkyl halides is 3. The van der Waals surface area contributed by atoms with Crippen molar-refractivity contribution in [3.63, 3.8) is 0 Å². The molecule has 0 saturated carbocycles. The Hall–Kier alpha value is -4.14. The molecule has 4 aromatic rings. The van der Waals surface area contributed by atoms with Gasteiger partial charge in [-0.05, 0) is 48.0 Å². The highest BCUT2D eigenvalue weighted by atomic mass is 19.4. The molecule has 1 aromatic heterocycles. The number of carbonyl (C=O) groups is 2. The van der Waals surface area contributed by atoms with Gasteiger partial charge in [0.15, 0.2) is 5.69 Å². The normalized spacial score (nSPS) is 11.5. The number of rotatable bonds is 5. The number of anilines is 1. The summed E-state index contributed by atoms with van der Waals surface area (Å²) < 4.78 is 39.7. The van der Waals surface area contributed by atoms with Gasteiger partial charge in [-0.15, -0.1) is 0 Å². The first-order chi connectivity index (χ1) is 15.2. The first kappa shape index (κ1) is 21.1. The van der Waals surface area contributed by atoms with E-state index >= 15 is 0 Å². The molecule has 0 bridgehead atoms. The molecular formula is C23H17F3N4O2. The zero-order valence-corrected chi connectivity index (χ0v) is 16.6. The Bertz CT molecular complexity index is 1310. The molecule has 9 heteroatoms. The molecule has 0 aliphatic rings. The quantitative estimate of drug-likeness (QED) is 0.482. The van der Waals surface area contributed by atoms with E-state index in [1.165, 1.54) is 0 Å². The van der Waals surface area contributed by atoms with E-state index in [1.54, 1.807) is 35.0 Å². The van der Waals surface area contributed by atoms with Crippen LogP contribution in [0.5, 0.6) is 0 Å². The Labute approximate surface area is 180 Å². The SMILES string of the molecule is NC(=O)c1nn(Cc2cccc(NC(=O)c3ccc(C(F)(F)F)cc3)c2)c2ccccc12. The van der Waals surface area contributed by atoms with E-state index in [9.17, 15) is 22.8 Å².